The van der Waals surface area contributed by atoms with Gasteiger partial charge in [0.25, 0.3) is 5.78 Å². The van der Waals surface area contributed by atoms with Gasteiger partial charge in [-0.15, -0.1) is 0 Å². The maximum Gasteiger partial charge on any atom is 0.301 e. The number of thiazole rings is 1. The van der Waals surface area contributed by atoms with Gasteiger partial charge in [0.2, 0.25) is 0 Å². The third-order valence-electron chi connectivity index (χ3n) is 6.13. The Balaban J connectivity index is 1.65. The molecule has 1 amide bonds. The van der Waals surface area contributed by atoms with Crippen LogP contribution in [0.1, 0.15) is 49.6 Å². The number of rotatable bonds is 6. The van der Waals surface area contributed by atoms with Crippen LogP contribution in [-0.4, -0.2) is 33.4 Å². The molecule has 0 spiro atoms. The summed E-state index contributed by atoms with van der Waals surface area (Å²) >= 11 is 1.34. The van der Waals surface area contributed by atoms with Crippen LogP contribution in [0.15, 0.2) is 72.4 Å². The summed E-state index contributed by atoms with van der Waals surface area (Å²) in [6.45, 7) is 6.62. The van der Waals surface area contributed by atoms with Gasteiger partial charge in [-0.1, -0.05) is 37.3 Å². The molecule has 1 aliphatic heterocycles. The number of carbonyl (C=O) groups is 2. The first kappa shape index (κ1) is 23.7. The highest BCUT2D eigenvalue weighted by molar-refractivity contribution is 7.22. The molecule has 1 unspecified atom stereocenters. The molecule has 0 saturated carbocycles. The molecule has 3 heterocycles. The van der Waals surface area contributed by atoms with Gasteiger partial charge in [0.1, 0.15) is 17.6 Å². The van der Waals surface area contributed by atoms with Crippen LogP contribution >= 0.6 is 11.3 Å². The maximum atomic E-state index is 13.4. The summed E-state index contributed by atoms with van der Waals surface area (Å²) in [6.07, 6.45) is 1.60. The van der Waals surface area contributed by atoms with Crippen molar-refractivity contribution in [3.05, 3.63) is 89.3 Å². The quantitative estimate of drug-likeness (QED) is 0.204. The average Bonchev–Trinajstić information content (AvgIpc) is 3.42. The van der Waals surface area contributed by atoms with Gasteiger partial charge < -0.3 is 9.84 Å². The van der Waals surface area contributed by atoms with E-state index in [2.05, 4.69) is 29.9 Å². The number of ether oxygens (including phenoxy) is 1. The highest BCUT2D eigenvalue weighted by Crippen LogP contribution is 2.44. The second-order valence-electron chi connectivity index (χ2n) is 8.76. The number of anilines is 1. The lowest BCUT2D eigenvalue weighted by Gasteiger charge is -2.21. The highest BCUT2D eigenvalue weighted by Gasteiger charge is 2.48. The topological polar surface area (TPSA) is 92.6 Å². The summed E-state index contributed by atoms with van der Waals surface area (Å²) in [7, 11) is 0. The number of aliphatic hydroxyl groups excluding tert-OH is 1. The predicted octanol–water partition coefficient (Wildman–Crippen LogP) is 5.84. The van der Waals surface area contributed by atoms with E-state index in [1.807, 2.05) is 19.1 Å². The first-order valence-electron chi connectivity index (χ1n) is 11.7. The van der Waals surface area contributed by atoms with Gasteiger partial charge in [-0.25, -0.2) is 4.98 Å². The standard InChI is InChI=1S/C28H25N3O4S/c1-4-35-19-11-8-17(9-12-19)25(32)23-24(21-7-5-6-14-29-21)31(27(34)26(23)33)28-30-20-13-10-18(16(2)3)15-22(20)36-28/h5-16,24,32H,4H2,1-3H3/b25-23+. The number of fused-ring (bicyclic) bond motifs is 1. The number of hydrogen-bond donors (Lipinski definition) is 1. The number of aliphatic hydroxyl groups is 1. The minimum atomic E-state index is -0.914. The van der Waals surface area contributed by atoms with E-state index in [9.17, 15) is 14.7 Å². The van der Waals surface area contributed by atoms with Crippen LogP contribution in [-0.2, 0) is 9.59 Å². The van der Waals surface area contributed by atoms with Gasteiger partial charge in [0.15, 0.2) is 5.13 Å². The molecule has 1 aliphatic rings. The molecule has 36 heavy (non-hydrogen) atoms. The lowest BCUT2D eigenvalue weighted by molar-refractivity contribution is -0.132. The van der Waals surface area contributed by atoms with Crippen molar-refractivity contribution in [3.63, 3.8) is 0 Å². The molecule has 7 nitrogen and oxygen atoms in total. The zero-order valence-corrected chi connectivity index (χ0v) is 21.0. The molecule has 2 aromatic carbocycles. The van der Waals surface area contributed by atoms with Crippen LogP contribution < -0.4 is 9.64 Å². The smallest absolute Gasteiger partial charge is 0.301 e. The maximum absolute atomic E-state index is 13.4. The van der Waals surface area contributed by atoms with E-state index >= 15 is 0 Å². The number of amides is 1. The number of ketones is 1. The van der Waals surface area contributed by atoms with E-state index in [1.54, 1.807) is 48.7 Å². The van der Waals surface area contributed by atoms with E-state index in [-0.39, 0.29) is 11.3 Å². The predicted molar refractivity (Wildman–Crippen MR) is 140 cm³/mol. The molecule has 1 atom stereocenters. The van der Waals surface area contributed by atoms with Gasteiger partial charge in [-0.2, -0.15) is 0 Å². The Morgan fingerprint density at radius 2 is 1.89 bits per heavy atom. The molecule has 2 aromatic heterocycles. The Labute approximate surface area is 212 Å². The number of aromatic nitrogens is 2. The molecular weight excluding hydrogens is 474 g/mol. The SMILES string of the molecule is CCOc1ccc(/C(O)=C2\C(=O)C(=O)N(c3nc4ccc(C(C)C)cc4s3)C2c2ccccn2)cc1. The Bertz CT molecular complexity index is 1480. The average molecular weight is 500 g/mol. The summed E-state index contributed by atoms with van der Waals surface area (Å²) in [6, 6.07) is 17.1. The number of benzene rings is 2. The molecule has 4 aromatic rings. The van der Waals surface area contributed by atoms with Crippen LogP contribution in [0.3, 0.4) is 0 Å². The van der Waals surface area contributed by atoms with Crippen molar-refractivity contribution in [2.45, 2.75) is 32.7 Å². The summed E-state index contributed by atoms with van der Waals surface area (Å²) in [4.78, 5) is 37.2. The van der Waals surface area contributed by atoms with Crippen LogP contribution in [0.25, 0.3) is 16.0 Å². The summed E-state index contributed by atoms with van der Waals surface area (Å²) in [5.74, 6) is -0.805. The van der Waals surface area contributed by atoms with Gasteiger partial charge in [-0.05, 0) is 66.9 Å². The van der Waals surface area contributed by atoms with Crippen LogP contribution in [0.5, 0.6) is 5.75 Å². The third-order valence-corrected chi connectivity index (χ3v) is 7.14. The molecule has 1 fully saturated rings. The zero-order chi connectivity index (χ0) is 25.4. The van der Waals surface area contributed by atoms with Crippen molar-refractivity contribution in [2.75, 3.05) is 11.5 Å². The van der Waals surface area contributed by atoms with Gasteiger partial charge >= 0.3 is 5.91 Å². The monoisotopic (exact) mass is 499 g/mol. The van der Waals surface area contributed by atoms with Crippen molar-refractivity contribution in [3.8, 4) is 5.75 Å². The molecule has 0 radical (unpaired) electrons. The van der Waals surface area contributed by atoms with Gasteiger partial charge in [0.05, 0.1) is 28.1 Å². The first-order valence-corrected chi connectivity index (χ1v) is 12.6. The minimum absolute atomic E-state index is 0.0232. The molecule has 182 valence electrons. The highest BCUT2D eigenvalue weighted by atomic mass is 32.1. The molecule has 0 aliphatic carbocycles. The fraction of sp³-hybridized carbons (Fsp3) is 0.214. The summed E-state index contributed by atoms with van der Waals surface area (Å²) in [5.41, 5.74) is 2.75. The van der Waals surface area contributed by atoms with Crippen molar-refractivity contribution >= 4 is 44.1 Å². The second kappa shape index (κ2) is 9.54. The third kappa shape index (κ3) is 4.13. The van der Waals surface area contributed by atoms with Crippen LogP contribution in [0.4, 0.5) is 5.13 Å². The Hall–Kier alpha value is -4.04. The van der Waals surface area contributed by atoms with E-state index in [1.165, 1.54) is 16.2 Å². The number of Topliss-reactive ketones (excluding diaryl/α,β-unsaturated/α-hetero) is 1. The number of nitrogens with zero attached hydrogens (tertiary/aromatic N) is 3. The molecule has 0 bridgehead atoms. The Morgan fingerprint density at radius 3 is 2.56 bits per heavy atom. The number of pyridine rings is 1. The molecule has 1 N–H and O–H groups in total. The fourth-order valence-corrected chi connectivity index (χ4v) is 5.31. The zero-order valence-electron chi connectivity index (χ0n) is 20.1. The van der Waals surface area contributed by atoms with Crippen LogP contribution in [0.2, 0.25) is 0 Å². The van der Waals surface area contributed by atoms with Crippen LogP contribution in [0, 0.1) is 0 Å². The van der Waals surface area contributed by atoms with Crippen molar-refractivity contribution in [1.29, 1.82) is 0 Å². The van der Waals surface area contributed by atoms with Crippen molar-refractivity contribution in [2.24, 2.45) is 0 Å². The minimum Gasteiger partial charge on any atom is -0.507 e. The lowest BCUT2D eigenvalue weighted by Crippen LogP contribution is -2.29. The van der Waals surface area contributed by atoms with E-state index in [0.717, 1.165) is 15.8 Å². The van der Waals surface area contributed by atoms with E-state index < -0.39 is 17.7 Å². The molecular formula is C28H25N3O4S. The molecule has 8 heteroatoms. The number of carbonyl (C=O) groups excluding carboxylic acids is 2. The lowest BCUT2D eigenvalue weighted by atomic mass is 9.98. The summed E-state index contributed by atoms with van der Waals surface area (Å²) < 4.78 is 6.40. The van der Waals surface area contributed by atoms with Crippen molar-refractivity contribution < 1.29 is 19.4 Å². The first-order chi connectivity index (χ1) is 17.4. The largest absolute Gasteiger partial charge is 0.507 e. The van der Waals surface area contributed by atoms with Gasteiger partial charge in [0, 0.05) is 11.8 Å². The molecule has 5 rings (SSSR count). The second-order valence-corrected chi connectivity index (χ2v) is 9.77. The Kier molecular flexibility index (Phi) is 6.28. The summed E-state index contributed by atoms with van der Waals surface area (Å²) in [5, 5.41) is 11.6. The van der Waals surface area contributed by atoms with Crippen molar-refractivity contribution in [1.82, 2.24) is 9.97 Å². The fourth-order valence-electron chi connectivity index (χ4n) is 4.27. The normalized spacial score (nSPS) is 17.3. The van der Waals surface area contributed by atoms with E-state index in [0.29, 0.717) is 34.7 Å². The Morgan fingerprint density at radius 1 is 1.11 bits per heavy atom. The number of hydrogen-bond acceptors (Lipinski definition) is 7. The van der Waals surface area contributed by atoms with Gasteiger partial charge in [-0.3, -0.25) is 19.5 Å². The molecule has 1 saturated heterocycles. The van der Waals surface area contributed by atoms with E-state index in [4.69, 9.17) is 4.74 Å².